The normalized spacial score (nSPS) is 15.7. The Morgan fingerprint density at radius 1 is 1.35 bits per heavy atom. The summed E-state index contributed by atoms with van der Waals surface area (Å²) in [4.78, 5) is 29.2. The van der Waals surface area contributed by atoms with Crippen molar-refractivity contribution >= 4 is 5.91 Å². The minimum absolute atomic E-state index is 0.0177. The maximum absolute atomic E-state index is 12.2. The van der Waals surface area contributed by atoms with Crippen molar-refractivity contribution in [2.75, 3.05) is 19.7 Å². The van der Waals surface area contributed by atoms with E-state index in [0.29, 0.717) is 24.1 Å². The number of hydrogen-bond acceptors (Lipinski definition) is 5. The van der Waals surface area contributed by atoms with E-state index in [-0.39, 0.29) is 5.91 Å². The minimum atomic E-state index is 0.0177. The van der Waals surface area contributed by atoms with Crippen LogP contribution in [0, 0.1) is 19.8 Å². The van der Waals surface area contributed by atoms with Crippen molar-refractivity contribution in [2.45, 2.75) is 26.7 Å². The van der Waals surface area contributed by atoms with Gasteiger partial charge in [-0.3, -0.25) is 4.79 Å². The predicted molar refractivity (Wildman–Crippen MR) is 84.2 cm³/mol. The molecule has 0 bridgehead atoms. The van der Waals surface area contributed by atoms with Crippen LogP contribution >= 0.6 is 0 Å². The molecule has 2 aromatic rings. The fourth-order valence-electron chi connectivity index (χ4n) is 2.70. The first-order chi connectivity index (χ1) is 11.1. The number of rotatable bonds is 4. The van der Waals surface area contributed by atoms with Gasteiger partial charge in [-0.25, -0.2) is 15.0 Å². The Kier molecular flexibility index (Phi) is 4.55. The largest absolute Gasteiger partial charge is 0.477 e. The van der Waals surface area contributed by atoms with Gasteiger partial charge in [-0.15, -0.1) is 0 Å². The lowest BCUT2D eigenvalue weighted by molar-refractivity contribution is 0.0654. The van der Waals surface area contributed by atoms with E-state index in [0.717, 1.165) is 37.2 Å². The third-order valence-electron chi connectivity index (χ3n) is 4.38. The highest BCUT2D eigenvalue weighted by atomic mass is 16.5. The summed E-state index contributed by atoms with van der Waals surface area (Å²) >= 11 is 0. The zero-order valence-corrected chi connectivity index (χ0v) is 13.5. The molecule has 1 saturated heterocycles. The number of likely N-dealkylation sites (tertiary alicyclic amines) is 1. The number of amides is 1. The zero-order chi connectivity index (χ0) is 16.2. The molecular formula is C16H21N5O2. The predicted octanol–water partition coefficient (Wildman–Crippen LogP) is 1.75. The lowest BCUT2D eigenvalue weighted by Gasteiger charge is -2.31. The maximum atomic E-state index is 12.2. The number of H-pyrrole nitrogens is 1. The van der Waals surface area contributed by atoms with E-state index in [4.69, 9.17) is 4.74 Å². The summed E-state index contributed by atoms with van der Waals surface area (Å²) in [5.74, 6) is 1.12. The molecule has 1 amide bonds. The average molecular weight is 315 g/mol. The Morgan fingerprint density at radius 3 is 2.83 bits per heavy atom. The summed E-state index contributed by atoms with van der Waals surface area (Å²) in [5, 5.41) is 0. The Balaban J connectivity index is 1.50. The molecule has 7 nitrogen and oxygen atoms in total. The van der Waals surface area contributed by atoms with E-state index >= 15 is 0 Å². The van der Waals surface area contributed by atoms with Crippen molar-refractivity contribution in [3.8, 4) is 5.88 Å². The molecule has 0 spiro atoms. The first kappa shape index (κ1) is 15.5. The third kappa shape index (κ3) is 3.49. The van der Waals surface area contributed by atoms with E-state index in [2.05, 4.69) is 19.9 Å². The summed E-state index contributed by atoms with van der Waals surface area (Å²) < 4.78 is 5.85. The van der Waals surface area contributed by atoms with Crippen molar-refractivity contribution in [3.05, 3.63) is 35.8 Å². The molecular weight excluding hydrogens is 294 g/mol. The third-order valence-corrected chi connectivity index (χ3v) is 4.38. The van der Waals surface area contributed by atoms with Crippen LogP contribution in [-0.4, -0.2) is 50.4 Å². The Labute approximate surface area is 135 Å². The number of aromatic amines is 1. The van der Waals surface area contributed by atoms with Crippen LogP contribution in [0.3, 0.4) is 0 Å². The maximum Gasteiger partial charge on any atom is 0.271 e. The van der Waals surface area contributed by atoms with Gasteiger partial charge in [-0.2, -0.15) is 0 Å². The minimum Gasteiger partial charge on any atom is -0.477 e. The zero-order valence-electron chi connectivity index (χ0n) is 13.5. The molecule has 0 radical (unpaired) electrons. The van der Waals surface area contributed by atoms with Crippen molar-refractivity contribution in [2.24, 2.45) is 5.92 Å². The number of nitrogens with one attached hydrogen (secondary N) is 1. The lowest BCUT2D eigenvalue weighted by Crippen LogP contribution is -2.39. The van der Waals surface area contributed by atoms with Gasteiger partial charge in [0.25, 0.3) is 5.91 Å². The van der Waals surface area contributed by atoms with Gasteiger partial charge in [0, 0.05) is 24.3 Å². The quantitative estimate of drug-likeness (QED) is 0.929. The van der Waals surface area contributed by atoms with E-state index in [1.54, 1.807) is 6.20 Å². The molecule has 1 fully saturated rings. The summed E-state index contributed by atoms with van der Waals surface area (Å²) in [6, 6.07) is 0. The number of aromatic nitrogens is 4. The fourth-order valence-corrected chi connectivity index (χ4v) is 2.70. The molecule has 0 aliphatic carbocycles. The molecule has 0 unspecified atom stereocenters. The van der Waals surface area contributed by atoms with Gasteiger partial charge in [-0.05, 0) is 32.6 Å². The van der Waals surface area contributed by atoms with Gasteiger partial charge < -0.3 is 14.6 Å². The second-order valence-electron chi connectivity index (χ2n) is 5.90. The Hall–Kier alpha value is -2.44. The molecule has 3 rings (SSSR count). The van der Waals surface area contributed by atoms with Crippen LogP contribution in [0.5, 0.6) is 5.88 Å². The van der Waals surface area contributed by atoms with Gasteiger partial charge >= 0.3 is 0 Å². The second-order valence-corrected chi connectivity index (χ2v) is 5.90. The molecule has 1 aliphatic rings. The van der Waals surface area contributed by atoms with Gasteiger partial charge in [0.05, 0.1) is 19.1 Å². The number of nitrogens with zero attached hydrogens (tertiary/aromatic N) is 4. The van der Waals surface area contributed by atoms with E-state index in [1.165, 1.54) is 12.7 Å². The topological polar surface area (TPSA) is 84.0 Å². The average Bonchev–Trinajstić information content (AvgIpc) is 3.10. The standard InChI is InChI=1S/C16H21N5O2/c1-11-12(2)18-10-20-15(11)23-8-13-3-5-21(6-4-13)16(22)14-7-17-9-19-14/h7,9-10,13H,3-6,8H2,1-2H3,(H,17,19). The van der Waals surface area contributed by atoms with Crippen LogP contribution in [0.2, 0.25) is 0 Å². The number of imidazole rings is 1. The molecule has 23 heavy (non-hydrogen) atoms. The highest BCUT2D eigenvalue weighted by Gasteiger charge is 2.24. The number of carbonyl (C=O) groups is 1. The molecule has 2 aromatic heterocycles. The monoisotopic (exact) mass is 315 g/mol. The van der Waals surface area contributed by atoms with Gasteiger partial charge in [0.2, 0.25) is 5.88 Å². The van der Waals surface area contributed by atoms with E-state index in [9.17, 15) is 4.79 Å². The molecule has 122 valence electrons. The molecule has 0 aromatic carbocycles. The first-order valence-electron chi connectivity index (χ1n) is 7.84. The molecule has 0 atom stereocenters. The fraction of sp³-hybridized carbons (Fsp3) is 0.500. The molecule has 7 heteroatoms. The molecule has 1 aliphatic heterocycles. The first-order valence-corrected chi connectivity index (χ1v) is 7.84. The van der Waals surface area contributed by atoms with Crippen LogP contribution in [0.1, 0.15) is 34.6 Å². The number of aryl methyl sites for hydroxylation is 1. The Morgan fingerprint density at radius 2 is 2.13 bits per heavy atom. The van der Waals surface area contributed by atoms with Crippen molar-refractivity contribution in [1.29, 1.82) is 0 Å². The van der Waals surface area contributed by atoms with Crippen molar-refractivity contribution in [1.82, 2.24) is 24.8 Å². The van der Waals surface area contributed by atoms with Crippen LogP contribution in [0.4, 0.5) is 0 Å². The highest BCUT2D eigenvalue weighted by Crippen LogP contribution is 2.21. The Bertz CT molecular complexity index is 663. The SMILES string of the molecule is Cc1ncnc(OCC2CCN(C(=O)c3cnc[nH]3)CC2)c1C. The number of hydrogen-bond donors (Lipinski definition) is 1. The smallest absolute Gasteiger partial charge is 0.271 e. The second kappa shape index (κ2) is 6.76. The van der Waals surface area contributed by atoms with Crippen molar-refractivity contribution in [3.63, 3.8) is 0 Å². The highest BCUT2D eigenvalue weighted by molar-refractivity contribution is 5.92. The number of piperidine rings is 1. The van der Waals surface area contributed by atoms with Crippen LogP contribution < -0.4 is 4.74 Å². The molecule has 0 saturated carbocycles. The van der Waals surface area contributed by atoms with Crippen LogP contribution in [0.25, 0.3) is 0 Å². The van der Waals surface area contributed by atoms with Gasteiger partial charge in [0.1, 0.15) is 12.0 Å². The summed E-state index contributed by atoms with van der Waals surface area (Å²) in [6.45, 7) is 6.03. The summed E-state index contributed by atoms with van der Waals surface area (Å²) in [5.41, 5.74) is 2.47. The molecule has 1 N–H and O–H groups in total. The van der Waals surface area contributed by atoms with Gasteiger partial charge in [0.15, 0.2) is 0 Å². The van der Waals surface area contributed by atoms with E-state index in [1.807, 2.05) is 18.7 Å². The molecule has 3 heterocycles. The van der Waals surface area contributed by atoms with E-state index < -0.39 is 0 Å². The lowest BCUT2D eigenvalue weighted by atomic mass is 9.97. The van der Waals surface area contributed by atoms with Crippen LogP contribution in [0.15, 0.2) is 18.9 Å². The van der Waals surface area contributed by atoms with Crippen LogP contribution in [-0.2, 0) is 0 Å². The number of ether oxygens (including phenoxy) is 1. The van der Waals surface area contributed by atoms with Crippen molar-refractivity contribution < 1.29 is 9.53 Å². The number of carbonyl (C=O) groups excluding carboxylic acids is 1. The summed E-state index contributed by atoms with van der Waals surface area (Å²) in [7, 11) is 0. The summed E-state index contributed by atoms with van der Waals surface area (Å²) in [6.07, 6.45) is 6.49. The van der Waals surface area contributed by atoms with Gasteiger partial charge in [-0.1, -0.05) is 0 Å².